The Morgan fingerprint density at radius 3 is 2.57 bits per heavy atom. The van der Waals surface area contributed by atoms with Crippen LogP contribution in [0.5, 0.6) is 0 Å². The van der Waals surface area contributed by atoms with Gasteiger partial charge in [0, 0.05) is 24.2 Å². The summed E-state index contributed by atoms with van der Waals surface area (Å²) in [6.07, 6.45) is 3.28. The van der Waals surface area contributed by atoms with E-state index in [0.717, 1.165) is 17.7 Å². The number of carbonyl (C=O) groups is 1. The topological polar surface area (TPSA) is 32.3 Å². The molecule has 0 aliphatic heterocycles. The average molecular weight is 329 g/mol. The lowest BCUT2D eigenvalue weighted by atomic mass is 10.1. The third kappa shape index (κ3) is 5.89. The van der Waals surface area contributed by atoms with Crippen LogP contribution in [0.3, 0.4) is 0 Å². The molecule has 0 saturated heterocycles. The number of benzene rings is 2. The van der Waals surface area contributed by atoms with Crippen LogP contribution in [0, 0.1) is 0 Å². The van der Waals surface area contributed by atoms with Crippen molar-refractivity contribution in [1.82, 2.24) is 10.2 Å². The van der Waals surface area contributed by atoms with Gasteiger partial charge in [0.25, 0.3) is 0 Å². The molecular weight excluding hydrogens is 308 g/mol. The number of hydrogen-bond donors (Lipinski definition) is 1. The Bertz CT molecular complexity index is 695. The van der Waals surface area contributed by atoms with E-state index in [1.807, 2.05) is 50.5 Å². The first-order valence-corrected chi connectivity index (χ1v) is 7.85. The summed E-state index contributed by atoms with van der Waals surface area (Å²) in [4.78, 5) is 14.1. The molecule has 0 fully saturated rings. The van der Waals surface area contributed by atoms with E-state index in [-0.39, 0.29) is 5.91 Å². The van der Waals surface area contributed by atoms with E-state index in [2.05, 4.69) is 16.3 Å². The van der Waals surface area contributed by atoms with E-state index in [1.54, 1.807) is 12.1 Å². The lowest BCUT2D eigenvalue weighted by Gasteiger charge is -2.14. The third-order valence-electron chi connectivity index (χ3n) is 3.33. The van der Waals surface area contributed by atoms with Crippen molar-refractivity contribution in [3.8, 4) is 0 Å². The van der Waals surface area contributed by atoms with Crippen LogP contribution >= 0.6 is 11.6 Å². The number of nitrogens with one attached hydrogen (secondary N) is 1. The highest BCUT2D eigenvalue weighted by atomic mass is 35.5. The van der Waals surface area contributed by atoms with E-state index >= 15 is 0 Å². The van der Waals surface area contributed by atoms with Crippen molar-refractivity contribution < 1.29 is 4.79 Å². The molecule has 23 heavy (non-hydrogen) atoms. The summed E-state index contributed by atoms with van der Waals surface area (Å²) in [5, 5.41) is 3.58. The summed E-state index contributed by atoms with van der Waals surface area (Å²) in [6, 6.07) is 15.5. The fraction of sp³-hybridized carbons (Fsp3) is 0.211. The van der Waals surface area contributed by atoms with E-state index in [9.17, 15) is 4.79 Å². The molecule has 1 N–H and O–H groups in total. The number of hydrogen-bond acceptors (Lipinski definition) is 2. The summed E-state index contributed by atoms with van der Waals surface area (Å²) < 4.78 is 0. The van der Waals surface area contributed by atoms with Gasteiger partial charge in [0.2, 0.25) is 5.91 Å². The van der Waals surface area contributed by atoms with Gasteiger partial charge in [-0.1, -0.05) is 48.0 Å². The van der Waals surface area contributed by atoms with Gasteiger partial charge in [-0.2, -0.15) is 0 Å². The Morgan fingerprint density at radius 2 is 1.87 bits per heavy atom. The average Bonchev–Trinajstić information content (AvgIpc) is 2.51. The summed E-state index contributed by atoms with van der Waals surface area (Å²) in [5.74, 6) is -0.121. The molecule has 2 aromatic rings. The second-order valence-corrected chi connectivity index (χ2v) is 6.05. The van der Waals surface area contributed by atoms with Crippen LogP contribution < -0.4 is 5.32 Å². The highest BCUT2D eigenvalue weighted by molar-refractivity contribution is 6.30. The molecule has 1 amide bonds. The Kier molecular flexibility index (Phi) is 6.39. The predicted octanol–water partition coefficient (Wildman–Crippen LogP) is 3.73. The largest absolute Gasteiger partial charge is 0.348 e. The highest BCUT2D eigenvalue weighted by Crippen LogP contribution is 2.12. The molecule has 120 valence electrons. The maximum atomic E-state index is 12.0. The SMILES string of the molecule is CN(C)Cc1ccccc1CNC(=O)/C=C/c1cccc(Cl)c1. The predicted molar refractivity (Wildman–Crippen MR) is 96.2 cm³/mol. The molecule has 0 aromatic heterocycles. The molecule has 3 nitrogen and oxygen atoms in total. The second kappa shape index (κ2) is 8.51. The maximum absolute atomic E-state index is 12.0. The fourth-order valence-electron chi connectivity index (χ4n) is 2.25. The second-order valence-electron chi connectivity index (χ2n) is 5.61. The Balaban J connectivity index is 1.94. The highest BCUT2D eigenvalue weighted by Gasteiger charge is 2.04. The minimum atomic E-state index is -0.121. The van der Waals surface area contributed by atoms with Gasteiger partial charge in [-0.25, -0.2) is 0 Å². The molecular formula is C19H21ClN2O. The van der Waals surface area contributed by atoms with Crippen molar-refractivity contribution in [2.45, 2.75) is 13.1 Å². The van der Waals surface area contributed by atoms with E-state index in [0.29, 0.717) is 11.6 Å². The molecule has 2 aromatic carbocycles. The van der Waals surface area contributed by atoms with Gasteiger partial charge in [0.1, 0.15) is 0 Å². The van der Waals surface area contributed by atoms with Gasteiger partial charge in [-0.15, -0.1) is 0 Å². The standard InChI is InChI=1S/C19H21ClN2O/c1-22(2)14-17-8-4-3-7-16(17)13-21-19(23)11-10-15-6-5-9-18(20)12-15/h3-12H,13-14H2,1-2H3,(H,21,23)/b11-10+. The zero-order valence-electron chi connectivity index (χ0n) is 13.4. The number of rotatable bonds is 6. The van der Waals surface area contributed by atoms with E-state index in [4.69, 9.17) is 11.6 Å². The Labute approximate surface area is 142 Å². The molecule has 4 heteroatoms. The third-order valence-corrected chi connectivity index (χ3v) is 3.57. The van der Waals surface area contributed by atoms with Gasteiger partial charge < -0.3 is 10.2 Å². The quantitative estimate of drug-likeness (QED) is 0.819. The molecule has 2 rings (SSSR count). The smallest absolute Gasteiger partial charge is 0.244 e. The van der Waals surface area contributed by atoms with Crippen LogP contribution in [0.25, 0.3) is 6.08 Å². The minimum Gasteiger partial charge on any atom is -0.348 e. The normalized spacial score (nSPS) is 11.1. The lowest BCUT2D eigenvalue weighted by Crippen LogP contribution is -2.22. The maximum Gasteiger partial charge on any atom is 0.244 e. The van der Waals surface area contributed by atoms with Crippen LogP contribution in [0.1, 0.15) is 16.7 Å². The van der Waals surface area contributed by atoms with Crippen molar-refractivity contribution in [3.05, 3.63) is 76.3 Å². The van der Waals surface area contributed by atoms with Gasteiger partial charge in [0.15, 0.2) is 0 Å². The molecule has 0 unspecified atom stereocenters. The van der Waals surface area contributed by atoms with Crippen LogP contribution in [0.2, 0.25) is 5.02 Å². The van der Waals surface area contributed by atoms with Gasteiger partial charge >= 0.3 is 0 Å². The summed E-state index contributed by atoms with van der Waals surface area (Å²) in [6.45, 7) is 1.37. The van der Waals surface area contributed by atoms with E-state index < -0.39 is 0 Å². The number of nitrogens with zero attached hydrogens (tertiary/aromatic N) is 1. The first kappa shape index (κ1) is 17.3. The first-order valence-electron chi connectivity index (χ1n) is 7.47. The molecule has 0 spiro atoms. The first-order chi connectivity index (χ1) is 11.0. The molecule has 0 aliphatic carbocycles. The number of carbonyl (C=O) groups excluding carboxylic acids is 1. The van der Waals surface area contributed by atoms with E-state index in [1.165, 1.54) is 11.6 Å². The van der Waals surface area contributed by atoms with Crippen molar-refractivity contribution in [1.29, 1.82) is 0 Å². The van der Waals surface area contributed by atoms with Crippen LogP contribution in [-0.2, 0) is 17.9 Å². The molecule has 0 radical (unpaired) electrons. The summed E-state index contributed by atoms with van der Waals surface area (Å²) in [5.41, 5.74) is 3.25. The van der Waals surface area contributed by atoms with Crippen molar-refractivity contribution in [3.63, 3.8) is 0 Å². The van der Waals surface area contributed by atoms with Gasteiger partial charge in [0.05, 0.1) is 0 Å². The minimum absolute atomic E-state index is 0.121. The monoisotopic (exact) mass is 328 g/mol. The molecule has 0 saturated carbocycles. The number of amides is 1. The van der Waals surface area contributed by atoms with Crippen molar-refractivity contribution >= 4 is 23.6 Å². The zero-order chi connectivity index (χ0) is 16.7. The van der Waals surface area contributed by atoms with Crippen molar-refractivity contribution in [2.75, 3.05) is 14.1 Å². The summed E-state index contributed by atoms with van der Waals surface area (Å²) in [7, 11) is 4.06. The Hall–Kier alpha value is -2.10. The van der Waals surface area contributed by atoms with Crippen molar-refractivity contribution in [2.24, 2.45) is 0 Å². The summed E-state index contributed by atoms with van der Waals surface area (Å²) >= 11 is 5.92. The zero-order valence-corrected chi connectivity index (χ0v) is 14.2. The Morgan fingerprint density at radius 1 is 1.13 bits per heavy atom. The molecule has 0 aliphatic rings. The fourth-order valence-corrected chi connectivity index (χ4v) is 2.45. The van der Waals surface area contributed by atoms with Gasteiger partial charge in [-0.3, -0.25) is 4.79 Å². The van der Waals surface area contributed by atoms with Crippen LogP contribution in [0.15, 0.2) is 54.6 Å². The lowest BCUT2D eigenvalue weighted by molar-refractivity contribution is -0.116. The molecule has 0 atom stereocenters. The number of halogens is 1. The molecule has 0 heterocycles. The van der Waals surface area contributed by atoms with Crippen LogP contribution in [-0.4, -0.2) is 24.9 Å². The van der Waals surface area contributed by atoms with Gasteiger partial charge in [-0.05, 0) is 49.0 Å². The van der Waals surface area contributed by atoms with Crippen LogP contribution in [0.4, 0.5) is 0 Å². The molecule has 0 bridgehead atoms.